The number of aliphatic carboxylic acids is 2. The van der Waals surface area contributed by atoms with Crippen molar-refractivity contribution in [3.8, 4) is 0 Å². The molecule has 1 aliphatic rings. The number of primary amides is 1. The number of hydrogen-bond donors (Lipinski definition) is 4. The highest BCUT2D eigenvalue weighted by molar-refractivity contribution is 5.88. The number of urea groups is 1. The van der Waals surface area contributed by atoms with E-state index in [9.17, 15) is 19.2 Å². The summed E-state index contributed by atoms with van der Waals surface area (Å²) in [7, 11) is 0. The molecule has 9 heteroatoms. The van der Waals surface area contributed by atoms with Crippen molar-refractivity contribution in [2.45, 2.75) is 44.2 Å². The Balaban J connectivity index is 2.75. The van der Waals surface area contributed by atoms with Crippen LogP contribution in [0.15, 0.2) is 0 Å². The average molecular weight is 301 g/mol. The number of nitrogens with zero attached hydrogens (tertiary/aromatic N) is 1. The molecule has 1 atom stereocenters. The Hall–Kier alpha value is -2.32. The first-order valence-corrected chi connectivity index (χ1v) is 6.61. The van der Waals surface area contributed by atoms with E-state index in [1.165, 1.54) is 4.90 Å². The van der Waals surface area contributed by atoms with Gasteiger partial charge in [0.05, 0.1) is 6.42 Å². The predicted molar refractivity (Wildman–Crippen MR) is 70.4 cm³/mol. The number of rotatable bonds is 7. The summed E-state index contributed by atoms with van der Waals surface area (Å²) in [5.41, 5.74) is 5.10. The zero-order chi connectivity index (χ0) is 16.0. The Kier molecular flexibility index (Phi) is 5.94. The highest BCUT2D eigenvalue weighted by Gasteiger charge is 2.31. The van der Waals surface area contributed by atoms with Crippen molar-refractivity contribution in [1.82, 2.24) is 10.2 Å². The molecule has 0 radical (unpaired) electrons. The molecular weight excluding hydrogens is 282 g/mol. The summed E-state index contributed by atoms with van der Waals surface area (Å²) in [4.78, 5) is 45.9. The van der Waals surface area contributed by atoms with E-state index in [-0.39, 0.29) is 12.6 Å². The molecule has 118 valence electrons. The molecule has 1 rings (SSSR count). The van der Waals surface area contributed by atoms with Gasteiger partial charge in [0.2, 0.25) is 5.91 Å². The zero-order valence-corrected chi connectivity index (χ0v) is 11.4. The van der Waals surface area contributed by atoms with Crippen LogP contribution in [0.1, 0.15) is 32.1 Å². The summed E-state index contributed by atoms with van der Waals surface area (Å²) in [6.07, 6.45) is 2.49. The number of nitrogens with one attached hydrogen (secondary N) is 1. The van der Waals surface area contributed by atoms with Crippen molar-refractivity contribution in [1.29, 1.82) is 0 Å². The van der Waals surface area contributed by atoms with Gasteiger partial charge in [0.25, 0.3) is 0 Å². The Morgan fingerprint density at radius 2 is 1.76 bits per heavy atom. The molecule has 1 saturated carbocycles. The van der Waals surface area contributed by atoms with E-state index in [4.69, 9.17) is 15.9 Å². The predicted octanol–water partition coefficient (Wildman–Crippen LogP) is -0.646. The van der Waals surface area contributed by atoms with Crippen LogP contribution in [0.3, 0.4) is 0 Å². The van der Waals surface area contributed by atoms with Gasteiger partial charge in [0.1, 0.15) is 12.6 Å². The van der Waals surface area contributed by atoms with Gasteiger partial charge in [0, 0.05) is 6.04 Å². The number of carboxylic acids is 2. The fourth-order valence-corrected chi connectivity index (χ4v) is 2.36. The standard InChI is InChI=1S/C12H19N3O6/c13-9(16)6-15(7-3-1-2-4-7)12(21)14-8(11(19)20)5-10(17)18/h7-8H,1-6H2,(H2,13,16)(H,14,21)(H,17,18)(H,19,20)/t8-/m1/s1. The maximum absolute atomic E-state index is 12.1. The minimum absolute atomic E-state index is 0.184. The monoisotopic (exact) mass is 301 g/mol. The van der Waals surface area contributed by atoms with E-state index >= 15 is 0 Å². The number of carbonyl (C=O) groups excluding carboxylic acids is 2. The van der Waals surface area contributed by atoms with Crippen LogP contribution in [0.5, 0.6) is 0 Å². The molecule has 1 fully saturated rings. The van der Waals surface area contributed by atoms with Gasteiger partial charge in [-0.3, -0.25) is 9.59 Å². The van der Waals surface area contributed by atoms with E-state index in [1.807, 2.05) is 0 Å². The summed E-state index contributed by atoms with van der Waals surface area (Å²) in [5, 5.41) is 19.7. The van der Waals surface area contributed by atoms with Gasteiger partial charge >= 0.3 is 18.0 Å². The van der Waals surface area contributed by atoms with Crippen LogP contribution in [0, 0.1) is 0 Å². The quantitative estimate of drug-likeness (QED) is 0.491. The van der Waals surface area contributed by atoms with E-state index in [0.29, 0.717) is 12.8 Å². The summed E-state index contributed by atoms with van der Waals surface area (Å²) in [6.45, 7) is -0.324. The van der Waals surface area contributed by atoms with E-state index in [0.717, 1.165) is 12.8 Å². The molecule has 0 bridgehead atoms. The molecule has 21 heavy (non-hydrogen) atoms. The van der Waals surface area contributed by atoms with Crippen molar-refractivity contribution in [3.05, 3.63) is 0 Å². The van der Waals surface area contributed by atoms with Gasteiger partial charge in [0.15, 0.2) is 0 Å². The summed E-state index contributed by atoms with van der Waals surface area (Å²) in [6, 6.07) is -2.52. The first kappa shape index (κ1) is 16.7. The second-order valence-electron chi connectivity index (χ2n) is 4.97. The lowest BCUT2D eigenvalue weighted by Gasteiger charge is -2.29. The van der Waals surface area contributed by atoms with Gasteiger partial charge < -0.3 is 26.2 Å². The van der Waals surface area contributed by atoms with Gasteiger partial charge in [-0.15, -0.1) is 0 Å². The summed E-state index contributed by atoms with van der Waals surface area (Å²) < 4.78 is 0. The van der Waals surface area contributed by atoms with Crippen molar-refractivity contribution in [3.63, 3.8) is 0 Å². The van der Waals surface area contributed by atoms with Crippen molar-refractivity contribution >= 4 is 23.9 Å². The smallest absolute Gasteiger partial charge is 0.326 e. The van der Waals surface area contributed by atoms with Crippen molar-refractivity contribution in [2.75, 3.05) is 6.54 Å². The number of amides is 3. The molecule has 5 N–H and O–H groups in total. The molecule has 0 unspecified atom stereocenters. The van der Waals surface area contributed by atoms with Crippen LogP contribution in [0.25, 0.3) is 0 Å². The molecule has 0 heterocycles. The topological polar surface area (TPSA) is 150 Å². The summed E-state index contributed by atoms with van der Waals surface area (Å²) in [5.74, 6) is -3.50. The van der Waals surface area contributed by atoms with E-state index in [1.54, 1.807) is 0 Å². The van der Waals surface area contributed by atoms with Crippen molar-refractivity contribution in [2.24, 2.45) is 5.73 Å². The third-order valence-electron chi connectivity index (χ3n) is 3.33. The largest absolute Gasteiger partial charge is 0.481 e. The van der Waals surface area contributed by atoms with Crippen LogP contribution in [-0.2, 0) is 14.4 Å². The molecule has 0 aromatic carbocycles. The normalized spacial score (nSPS) is 16.2. The average Bonchev–Trinajstić information content (AvgIpc) is 2.87. The Morgan fingerprint density at radius 1 is 1.19 bits per heavy atom. The third kappa shape index (κ3) is 5.28. The molecule has 9 nitrogen and oxygen atoms in total. The van der Waals surface area contributed by atoms with Crippen molar-refractivity contribution < 1.29 is 29.4 Å². The fourth-order valence-electron chi connectivity index (χ4n) is 2.36. The van der Waals surface area contributed by atoms with Gasteiger partial charge in [-0.25, -0.2) is 9.59 Å². The molecule has 0 aromatic heterocycles. The summed E-state index contributed by atoms with van der Waals surface area (Å²) >= 11 is 0. The highest BCUT2D eigenvalue weighted by Crippen LogP contribution is 2.23. The number of carboxylic acid groups (broad SMARTS) is 2. The lowest BCUT2D eigenvalue weighted by molar-refractivity contribution is -0.145. The maximum atomic E-state index is 12.1. The molecule has 0 saturated heterocycles. The molecule has 3 amide bonds. The van der Waals surface area contributed by atoms with Gasteiger partial charge in [-0.2, -0.15) is 0 Å². The maximum Gasteiger partial charge on any atom is 0.326 e. The van der Waals surface area contributed by atoms with Crippen LogP contribution >= 0.6 is 0 Å². The van der Waals surface area contributed by atoms with Crippen LogP contribution in [-0.4, -0.2) is 57.6 Å². The van der Waals surface area contributed by atoms with Crippen LogP contribution in [0.4, 0.5) is 4.79 Å². The van der Waals surface area contributed by atoms with E-state index < -0.39 is 36.3 Å². The lowest BCUT2D eigenvalue weighted by Crippen LogP contribution is -2.53. The molecule has 1 aliphatic carbocycles. The lowest BCUT2D eigenvalue weighted by atomic mass is 10.2. The molecular formula is C12H19N3O6. The third-order valence-corrected chi connectivity index (χ3v) is 3.33. The molecule has 0 aliphatic heterocycles. The first-order valence-electron chi connectivity index (χ1n) is 6.61. The second kappa shape index (κ2) is 7.46. The second-order valence-corrected chi connectivity index (χ2v) is 4.97. The Bertz CT molecular complexity index is 433. The fraction of sp³-hybridized carbons (Fsp3) is 0.667. The Morgan fingerprint density at radius 3 is 2.19 bits per heavy atom. The van der Waals surface area contributed by atoms with Gasteiger partial charge in [-0.05, 0) is 12.8 Å². The first-order chi connectivity index (χ1) is 9.81. The molecule has 0 spiro atoms. The number of carbonyl (C=O) groups is 4. The van der Waals surface area contributed by atoms with Gasteiger partial charge in [-0.1, -0.05) is 12.8 Å². The molecule has 0 aromatic rings. The van der Waals surface area contributed by atoms with Crippen LogP contribution in [0.2, 0.25) is 0 Å². The highest BCUT2D eigenvalue weighted by atomic mass is 16.4. The zero-order valence-electron chi connectivity index (χ0n) is 11.4. The number of nitrogens with two attached hydrogens (primary N) is 1. The minimum atomic E-state index is -1.55. The Labute approximate surface area is 121 Å². The minimum Gasteiger partial charge on any atom is -0.481 e. The number of hydrogen-bond acceptors (Lipinski definition) is 4. The SMILES string of the molecule is NC(=O)CN(C(=O)N[C@H](CC(=O)O)C(=O)O)C1CCCC1. The van der Waals surface area contributed by atoms with Crippen LogP contribution < -0.4 is 11.1 Å². The van der Waals surface area contributed by atoms with E-state index in [2.05, 4.69) is 5.32 Å².